The van der Waals surface area contributed by atoms with Gasteiger partial charge >= 0.3 is 22.7 Å². The molecule has 10 heteroatoms. The van der Waals surface area contributed by atoms with Gasteiger partial charge in [-0.25, -0.2) is 9.52 Å². The van der Waals surface area contributed by atoms with E-state index in [-0.39, 0.29) is 0 Å². The predicted molar refractivity (Wildman–Crippen MR) is 28.8 cm³/mol. The molecule has 0 atom stereocenters. The lowest BCUT2D eigenvalue weighted by molar-refractivity contribution is -0.272. The van der Waals surface area contributed by atoms with E-state index in [1.165, 1.54) is 0 Å². The Kier molecular flexibility index (Phi) is 2.88. The molecule has 72 valence electrons. The fourth-order valence-electron chi connectivity index (χ4n) is 0.268. The molecule has 0 aliphatic carbocycles. The third-order valence-corrected chi connectivity index (χ3v) is 1.29. The molecule has 0 fully saturated rings. The van der Waals surface area contributed by atoms with Crippen molar-refractivity contribution in [3.8, 4) is 0 Å². The maximum atomic E-state index is 11.2. The van der Waals surface area contributed by atoms with Gasteiger partial charge in [-0.15, -0.1) is 13.2 Å². The summed E-state index contributed by atoms with van der Waals surface area (Å²) in [7, 11) is -5.19. The standard InChI is InChI=1S/C2H3F3N2O4S/c3-2(4,5)11-12(9,10)7-1(6)8/h(H3,6,7,8). The number of nitrogens with one attached hydrogen (secondary N) is 1. The van der Waals surface area contributed by atoms with Crippen LogP contribution in [0.4, 0.5) is 18.0 Å². The number of primary amides is 1. The zero-order valence-electron chi connectivity index (χ0n) is 5.25. The number of carbonyl (C=O) groups is 1. The minimum absolute atomic E-state index is 0.745. The number of rotatable bonds is 2. The second-order valence-corrected chi connectivity index (χ2v) is 2.73. The number of urea groups is 1. The quantitative estimate of drug-likeness (QED) is 0.635. The number of halogens is 3. The van der Waals surface area contributed by atoms with E-state index in [9.17, 15) is 26.4 Å². The first-order chi connectivity index (χ1) is 5.12. The van der Waals surface area contributed by atoms with Crippen LogP contribution in [-0.4, -0.2) is 20.8 Å². The number of hydrogen-bond donors (Lipinski definition) is 2. The van der Waals surface area contributed by atoms with E-state index in [1.807, 2.05) is 0 Å². The second kappa shape index (κ2) is 3.15. The third kappa shape index (κ3) is 5.73. The zero-order chi connectivity index (χ0) is 9.99. The molecular weight excluding hydrogens is 205 g/mol. The fourth-order valence-corrected chi connectivity index (χ4v) is 0.805. The first kappa shape index (κ1) is 11.0. The molecule has 12 heavy (non-hydrogen) atoms. The van der Waals surface area contributed by atoms with Gasteiger partial charge in [0, 0.05) is 0 Å². The number of carbonyl (C=O) groups excluding carboxylic acids is 1. The molecule has 0 bridgehead atoms. The smallest absolute Gasteiger partial charge is 0.351 e. The number of amides is 2. The minimum Gasteiger partial charge on any atom is -0.351 e. The van der Waals surface area contributed by atoms with Crippen molar-refractivity contribution in [3.63, 3.8) is 0 Å². The molecule has 6 nitrogen and oxygen atoms in total. The molecule has 0 aliphatic rings. The van der Waals surface area contributed by atoms with Crippen molar-refractivity contribution in [1.29, 1.82) is 0 Å². The van der Waals surface area contributed by atoms with Crippen LogP contribution in [0.1, 0.15) is 0 Å². The maximum Gasteiger partial charge on any atom is 0.538 e. The van der Waals surface area contributed by atoms with Crippen molar-refractivity contribution < 1.29 is 30.6 Å². The number of nitrogens with two attached hydrogens (primary N) is 1. The van der Waals surface area contributed by atoms with Crippen LogP contribution in [-0.2, 0) is 14.5 Å². The Hall–Kier alpha value is -1.03. The van der Waals surface area contributed by atoms with Gasteiger partial charge in [-0.05, 0) is 0 Å². The van der Waals surface area contributed by atoms with Gasteiger partial charge in [0.05, 0.1) is 0 Å². The average molecular weight is 208 g/mol. The first-order valence-electron chi connectivity index (χ1n) is 2.22. The van der Waals surface area contributed by atoms with Crippen LogP contribution in [0, 0.1) is 0 Å². The van der Waals surface area contributed by atoms with Gasteiger partial charge < -0.3 is 5.73 Å². The molecule has 0 aromatic carbocycles. The Labute approximate surface area is 64.7 Å². The minimum atomic E-state index is -5.39. The van der Waals surface area contributed by atoms with Gasteiger partial charge in [0.1, 0.15) is 0 Å². The van der Waals surface area contributed by atoms with E-state index < -0.39 is 22.7 Å². The summed E-state index contributed by atoms with van der Waals surface area (Å²) in [4.78, 5) is 9.79. The number of hydrogen-bond acceptors (Lipinski definition) is 4. The summed E-state index contributed by atoms with van der Waals surface area (Å²) in [5, 5.41) is 0. The summed E-state index contributed by atoms with van der Waals surface area (Å²) in [6, 6.07) is -1.67. The molecule has 0 heterocycles. The van der Waals surface area contributed by atoms with E-state index in [4.69, 9.17) is 0 Å². The summed E-state index contributed by atoms with van der Waals surface area (Å²) in [6.45, 7) is 0. The Morgan fingerprint density at radius 2 is 1.83 bits per heavy atom. The monoisotopic (exact) mass is 208 g/mol. The largest absolute Gasteiger partial charge is 0.538 e. The highest BCUT2D eigenvalue weighted by molar-refractivity contribution is 7.85. The summed E-state index contributed by atoms with van der Waals surface area (Å²) in [6.07, 6.45) is -5.39. The summed E-state index contributed by atoms with van der Waals surface area (Å²) < 4.78 is 57.1. The van der Waals surface area contributed by atoms with Gasteiger partial charge in [0.15, 0.2) is 0 Å². The molecule has 2 amide bonds. The summed E-state index contributed by atoms with van der Waals surface area (Å²) >= 11 is 0. The van der Waals surface area contributed by atoms with E-state index in [0.29, 0.717) is 0 Å². The van der Waals surface area contributed by atoms with Crippen molar-refractivity contribution in [2.45, 2.75) is 6.36 Å². The van der Waals surface area contributed by atoms with E-state index in [2.05, 4.69) is 9.92 Å². The van der Waals surface area contributed by atoms with Crippen LogP contribution in [0.2, 0.25) is 0 Å². The van der Waals surface area contributed by atoms with Crippen LogP contribution in [0.3, 0.4) is 0 Å². The normalized spacial score (nSPS) is 12.6. The summed E-state index contributed by atoms with van der Waals surface area (Å²) in [5.41, 5.74) is 4.22. The van der Waals surface area contributed by atoms with Crippen molar-refractivity contribution in [3.05, 3.63) is 0 Å². The zero-order valence-corrected chi connectivity index (χ0v) is 6.07. The molecule has 3 N–H and O–H groups in total. The van der Waals surface area contributed by atoms with E-state index >= 15 is 0 Å². The lowest BCUT2D eigenvalue weighted by Gasteiger charge is -2.06. The molecule has 0 aliphatic heterocycles. The van der Waals surface area contributed by atoms with Crippen LogP contribution in [0.25, 0.3) is 0 Å². The highest BCUT2D eigenvalue weighted by Crippen LogP contribution is 2.18. The Bertz CT molecular complexity index is 269. The van der Waals surface area contributed by atoms with Crippen molar-refractivity contribution in [2.75, 3.05) is 0 Å². The number of alkyl halides is 3. The van der Waals surface area contributed by atoms with Gasteiger partial charge in [-0.1, -0.05) is 0 Å². The van der Waals surface area contributed by atoms with Crippen LogP contribution < -0.4 is 10.5 Å². The SMILES string of the molecule is NC(=O)NS(=O)(=O)OC(F)(F)F. The van der Waals surface area contributed by atoms with Crippen LogP contribution in [0.15, 0.2) is 0 Å². The predicted octanol–water partition coefficient (Wildman–Crippen LogP) is -0.564. The maximum absolute atomic E-state index is 11.2. The highest BCUT2D eigenvalue weighted by Gasteiger charge is 2.37. The van der Waals surface area contributed by atoms with Crippen molar-refractivity contribution in [2.24, 2.45) is 5.73 Å². The van der Waals surface area contributed by atoms with Gasteiger partial charge in [-0.3, -0.25) is 0 Å². The summed E-state index contributed by atoms with van der Waals surface area (Å²) in [5.74, 6) is 0. The third-order valence-electron chi connectivity index (χ3n) is 0.430. The van der Waals surface area contributed by atoms with Crippen molar-refractivity contribution >= 4 is 16.3 Å². The Morgan fingerprint density at radius 1 is 1.42 bits per heavy atom. The highest BCUT2D eigenvalue weighted by atomic mass is 32.2. The van der Waals surface area contributed by atoms with Crippen molar-refractivity contribution in [1.82, 2.24) is 4.72 Å². The fraction of sp³-hybridized carbons (Fsp3) is 0.500. The van der Waals surface area contributed by atoms with Crippen LogP contribution in [0.5, 0.6) is 0 Å². The van der Waals surface area contributed by atoms with Crippen LogP contribution >= 0.6 is 0 Å². The molecule has 0 saturated carbocycles. The lowest BCUT2D eigenvalue weighted by atomic mass is 11.2. The van der Waals surface area contributed by atoms with E-state index in [1.54, 1.807) is 0 Å². The molecule has 0 saturated heterocycles. The average Bonchev–Trinajstić information content (AvgIpc) is 1.48. The van der Waals surface area contributed by atoms with E-state index in [0.717, 1.165) is 4.72 Å². The Balaban J connectivity index is 4.36. The molecule has 0 aromatic rings. The second-order valence-electron chi connectivity index (χ2n) is 1.45. The Morgan fingerprint density at radius 3 is 2.08 bits per heavy atom. The topological polar surface area (TPSA) is 98.5 Å². The van der Waals surface area contributed by atoms with Gasteiger partial charge in [0.25, 0.3) is 0 Å². The first-order valence-corrected chi connectivity index (χ1v) is 3.63. The molecule has 0 spiro atoms. The molecule has 0 radical (unpaired) electrons. The van der Waals surface area contributed by atoms with Gasteiger partial charge in [0.2, 0.25) is 0 Å². The molecule has 0 unspecified atom stereocenters. The molecule has 0 aromatic heterocycles. The lowest BCUT2D eigenvalue weighted by Crippen LogP contribution is -2.38. The van der Waals surface area contributed by atoms with Gasteiger partial charge in [-0.2, -0.15) is 12.6 Å². The molecular formula is C2H3F3N2O4S. The molecule has 0 rings (SSSR count).